The number of amides is 1. The van der Waals surface area contributed by atoms with Crippen molar-refractivity contribution < 1.29 is 18.7 Å². The van der Waals surface area contributed by atoms with E-state index in [1.165, 1.54) is 6.07 Å². The molecule has 0 spiro atoms. The number of carbonyl (C=O) groups is 1. The highest BCUT2D eigenvalue weighted by Gasteiger charge is 2.06. The minimum absolute atomic E-state index is 0.201. The molecule has 92 valence electrons. The molecular formula is C12H13F2NO2. The fraction of sp³-hybridized carbons (Fsp3) is 0.250. The van der Waals surface area contributed by atoms with E-state index in [1.54, 1.807) is 6.92 Å². The Morgan fingerprint density at radius 2 is 2.06 bits per heavy atom. The molecule has 0 aromatic heterocycles. The second kappa shape index (κ2) is 6.10. The van der Waals surface area contributed by atoms with Gasteiger partial charge >= 0.3 is 0 Å². The third kappa shape index (κ3) is 3.96. The van der Waals surface area contributed by atoms with Crippen molar-refractivity contribution in [1.82, 2.24) is 5.32 Å². The Balaban J connectivity index is 2.74. The smallest absolute Gasteiger partial charge is 0.244 e. The highest BCUT2D eigenvalue weighted by atomic mass is 19.1. The first kappa shape index (κ1) is 13.3. The van der Waals surface area contributed by atoms with E-state index >= 15 is 0 Å². The largest absolute Gasteiger partial charge is 0.394 e. The molecule has 2 N–H and O–H groups in total. The van der Waals surface area contributed by atoms with Crippen molar-refractivity contribution in [3.8, 4) is 0 Å². The Morgan fingerprint density at radius 3 is 2.59 bits per heavy atom. The van der Waals surface area contributed by atoms with Gasteiger partial charge in [0, 0.05) is 17.7 Å². The first-order valence-electron chi connectivity index (χ1n) is 5.08. The minimum Gasteiger partial charge on any atom is -0.394 e. The van der Waals surface area contributed by atoms with Crippen molar-refractivity contribution >= 4 is 12.0 Å². The molecule has 0 aliphatic heterocycles. The Labute approximate surface area is 97.8 Å². The Morgan fingerprint density at radius 1 is 1.47 bits per heavy atom. The lowest BCUT2D eigenvalue weighted by atomic mass is 10.2. The molecule has 0 radical (unpaired) electrons. The maximum absolute atomic E-state index is 13.2. The lowest BCUT2D eigenvalue weighted by Gasteiger charge is -2.07. The summed E-state index contributed by atoms with van der Waals surface area (Å²) in [6, 6.07) is 3.06. The molecule has 5 heteroatoms. The van der Waals surface area contributed by atoms with Crippen LogP contribution in [0, 0.1) is 11.6 Å². The number of aliphatic hydroxyl groups excluding tert-OH is 1. The summed E-state index contributed by atoms with van der Waals surface area (Å²) in [5, 5.41) is 11.1. The fourth-order valence-corrected chi connectivity index (χ4v) is 1.17. The zero-order valence-electron chi connectivity index (χ0n) is 9.28. The summed E-state index contributed by atoms with van der Waals surface area (Å²) in [7, 11) is 0. The number of hydrogen-bond donors (Lipinski definition) is 2. The van der Waals surface area contributed by atoms with Crippen LogP contribution in [-0.4, -0.2) is 23.7 Å². The van der Waals surface area contributed by atoms with Crippen molar-refractivity contribution in [1.29, 1.82) is 0 Å². The number of nitrogens with one attached hydrogen (secondary N) is 1. The molecule has 1 unspecified atom stereocenters. The highest BCUT2D eigenvalue weighted by Crippen LogP contribution is 2.13. The molecule has 0 fully saturated rings. The van der Waals surface area contributed by atoms with E-state index in [9.17, 15) is 13.6 Å². The van der Waals surface area contributed by atoms with E-state index in [-0.39, 0.29) is 12.2 Å². The zero-order chi connectivity index (χ0) is 12.8. The first-order chi connectivity index (χ1) is 8.04. The normalized spacial score (nSPS) is 12.7. The Kier molecular flexibility index (Phi) is 4.78. The Bertz CT molecular complexity index is 412. The molecule has 0 aliphatic carbocycles. The van der Waals surface area contributed by atoms with Gasteiger partial charge in [-0.05, 0) is 25.1 Å². The van der Waals surface area contributed by atoms with Gasteiger partial charge in [-0.15, -0.1) is 0 Å². The van der Waals surface area contributed by atoms with Crippen LogP contribution in [0.1, 0.15) is 12.5 Å². The lowest BCUT2D eigenvalue weighted by molar-refractivity contribution is -0.117. The van der Waals surface area contributed by atoms with Crippen LogP contribution < -0.4 is 5.32 Å². The van der Waals surface area contributed by atoms with Gasteiger partial charge in [-0.3, -0.25) is 4.79 Å². The van der Waals surface area contributed by atoms with Crippen LogP contribution in [0.15, 0.2) is 24.3 Å². The molecular weight excluding hydrogens is 228 g/mol. The summed E-state index contributed by atoms with van der Waals surface area (Å²) in [6.45, 7) is 1.41. The fourth-order valence-electron chi connectivity index (χ4n) is 1.17. The second-order valence-electron chi connectivity index (χ2n) is 3.56. The van der Waals surface area contributed by atoms with Gasteiger partial charge in [-0.1, -0.05) is 6.07 Å². The zero-order valence-corrected chi connectivity index (χ0v) is 9.28. The van der Waals surface area contributed by atoms with Gasteiger partial charge in [0.15, 0.2) is 0 Å². The maximum atomic E-state index is 13.2. The predicted molar refractivity (Wildman–Crippen MR) is 60.1 cm³/mol. The van der Waals surface area contributed by atoms with E-state index in [1.807, 2.05) is 0 Å². The van der Waals surface area contributed by atoms with Crippen LogP contribution >= 0.6 is 0 Å². The van der Waals surface area contributed by atoms with Crippen molar-refractivity contribution in [2.24, 2.45) is 0 Å². The SMILES string of the molecule is CC(CO)NC(=O)/C=C/c1c(F)cccc1F. The molecule has 0 bridgehead atoms. The maximum Gasteiger partial charge on any atom is 0.244 e. The van der Waals surface area contributed by atoms with Crippen LogP contribution in [0.5, 0.6) is 0 Å². The summed E-state index contributed by atoms with van der Waals surface area (Å²) >= 11 is 0. The number of rotatable bonds is 4. The van der Waals surface area contributed by atoms with Gasteiger partial charge in [0.05, 0.1) is 6.61 Å². The standard InChI is InChI=1S/C12H13F2NO2/c1-8(7-16)15-12(17)6-5-9-10(13)3-2-4-11(9)14/h2-6,8,16H,7H2,1H3,(H,15,17)/b6-5+. The van der Waals surface area contributed by atoms with E-state index in [4.69, 9.17) is 5.11 Å². The van der Waals surface area contributed by atoms with Crippen molar-refractivity contribution in [3.05, 3.63) is 41.5 Å². The van der Waals surface area contributed by atoms with Crippen LogP contribution in [0.3, 0.4) is 0 Å². The van der Waals surface area contributed by atoms with Gasteiger partial charge in [-0.25, -0.2) is 8.78 Å². The molecule has 0 heterocycles. The number of halogens is 2. The average molecular weight is 241 g/mol. The molecule has 1 aromatic rings. The molecule has 0 saturated carbocycles. The quantitative estimate of drug-likeness (QED) is 0.784. The molecule has 1 aromatic carbocycles. The highest BCUT2D eigenvalue weighted by molar-refractivity contribution is 5.91. The lowest BCUT2D eigenvalue weighted by Crippen LogP contribution is -2.33. The molecule has 3 nitrogen and oxygen atoms in total. The van der Waals surface area contributed by atoms with E-state index in [2.05, 4.69) is 5.32 Å². The van der Waals surface area contributed by atoms with Crippen LogP contribution in [0.2, 0.25) is 0 Å². The van der Waals surface area contributed by atoms with Crippen molar-refractivity contribution in [2.75, 3.05) is 6.61 Å². The van der Waals surface area contributed by atoms with Gasteiger partial charge in [0.25, 0.3) is 0 Å². The summed E-state index contributed by atoms with van der Waals surface area (Å²) < 4.78 is 26.3. The topological polar surface area (TPSA) is 49.3 Å². The average Bonchev–Trinajstić information content (AvgIpc) is 2.28. The number of hydrogen-bond acceptors (Lipinski definition) is 2. The molecule has 1 rings (SSSR count). The number of benzene rings is 1. The van der Waals surface area contributed by atoms with Gasteiger partial charge in [0.1, 0.15) is 11.6 Å². The second-order valence-corrected chi connectivity index (χ2v) is 3.56. The third-order valence-electron chi connectivity index (χ3n) is 2.06. The van der Waals surface area contributed by atoms with Crippen LogP contribution in [0.25, 0.3) is 6.08 Å². The summed E-state index contributed by atoms with van der Waals surface area (Å²) in [4.78, 5) is 11.3. The molecule has 1 atom stereocenters. The van der Waals surface area contributed by atoms with Crippen molar-refractivity contribution in [2.45, 2.75) is 13.0 Å². The van der Waals surface area contributed by atoms with Gasteiger partial charge in [0.2, 0.25) is 5.91 Å². The van der Waals surface area contributed by atoms with Gasteiger partial charge in [-0.2, -0.15) is 0 Å². The van der Waals surface area contributed by atoms with E-state index in [0.717, 1.165) is 24.3 Å². The third-order valence-corrected chi connectivity index (χ3v) is 2.06. The number of carbonyl (C=O) groups excluding carboxylic acids is 1. The summed E-state index contributed by atoms with van der Waals surface area (Å²) in [5.41, 5.74) is -0.265. The minimum atomic E-state index is -0.732. The monoisotopic (exact) mass is 241 g/mol. The first-order valence-corrected chi connectivity index (χ1v) is 5.08. The Hall–Kier alpha value is -1.75. The van der Waals surface area contributed by atoms with Crippen LogP contribution in [0.4, 0.5) is 8.78 Å². The van der Waals surface area contributed by atoms with E-state index < -0.39 is 23.6 Å². The van der Waals surface area contributed by atoms with Crippen molar-refractivity contribution in [3.63, 3.8) is 0 Å². The van der Waals surface area contributed by atoms with E-state index in [0.29, 0.717) is 0 Å². The molecule has 1 amide bonds. The van der Waals surface area contributed by atoms with Crippen LogP contribution in [-0.2, 0) is 4.79 Å². The van der Waals surface area contributed by atoms with Gasteiger partial charge < -0.3 is 10.4 Å². The summed E-state index contributed by atoms with van der Waals surface area (Å²) in [6.07, 6.45) is 2.08. The molecule has 17 heavy (non-hydrogen) atoms. The molecule has 0 aliphatic rings. The summed E-state index contributed by atoms with van der Waals surface area (Å²) in [5.74, 6) is -1.98. The predicted octanol–water partition coefficient (Wildman–Crippen LogP) is 1.48. The molecule has 0 saturated heterocycles. The number of aliphatic hydroxyl groups is 1.